The molecule has 0 aliphatic heterocycles. The van der Waals surface area contributed by atoms with Crippen molar-refractivity contribution in [2.75, 3.05) is 13.2 Å². The van der Waals surface area contributed by atoms with Crippen LogP contribution in [0, 0.1) is 5.92 Å². The van der Waals surface area contributed by atoms with Crippen LogP contribution in [-0.4, -0.2) is 44.0 Å². The summed E-state index contributed by atoms with van der Waals surface area (Å²) >= 11 is 0. The summed E-state index contributed by atoms with van der Waals surface area (Å²) in [5.74, 6) is 0.283. The van der Waals surface area contributed by atoms with Gasteiger partial charge in [0.15, 0.2) is 5.60 Å². The van der Waals surface area contributed by atoms with E-state index in [0.29, 0.717) is 28.7 Å². The van der Waals surface area contributed by atoms with Crippen LogP contribution in [0.25, 0.3) is 22.3 Å². The van der Waals surface area contributed by atoms with Crippen molar-refractivity contribution >= 4 is 9.24 Å². The molecule has 0 fully saturated rings. The molecule has 0 amide bonds. The molecular weight excluding hydrogens is 433 g/mol. The van der Waals surface area contributed by atoms with Gasteiger partial charge in [-0.2, -0.15) is 13.9 Å². The molecule has 1 aliphatic carbocycles. The van der Waals surface area contributed by atoms with E-state index in [1.807, 2.05) is 19.9 Å². The zero-order chi connectivity index (χ0) is 23.3. The molecule has 1 aliphatic rings. The lowest BCUT2D eigenvalue weighted by Crippen LogP contribution is -2.40. The Hall–Kier alpha value is -2.18. The highest BCUT2D eigenvalue weighted by Crippen LogP contribution is 2.58. The molecule has 3 aromatic rings. The Morgan fingerprint density at radius 1 is 1.09 bits per heavy atom. The van der Waals surface area contributed by atoms with E-state index in [1.54, 1.807) is 36.7 Å². The van der Waals surface area contributed by atoms with E-state index in [9.17, 15) is 24.1 Å². The van der Waals surface area contributed by atoms with E-state index in [4.69, 9.17) is 0 Å². The third kappa shape index (κ3) is 3.57. The van der Waals surface area contributed by atoms with E-state index in [2.05, 4.69) is 5.10 Å². The molecular formula is C24H27F2N2O3P. The molecule has 0 bridgehead atoms. The summed E-state index contributed by atoms with van der Waals surface area (Å²) in [6.07, 6.45) is 3.93. The first-order valence-corrected chi connectivity index (χ1v) is 11.1. The van der Waals surface area contributed by atoms with Gasteiger partial charge in [0.2, 0.25) is 0 Å². The van der Waals surface area contributed by atoms with Gasteiger partial charge < -0.3 is 15.3 Å². The van der Waals surface area contributed by atoms with Gasteiger partial charge in [-0.1, -0.05) is 59.5 Å². The number of hydrogen-bond donors (Lipinski definition) is 3. The third-order valence-electron chi connectivity index (χ3n) is 6.01. The lowest BCUT2D eigenvalue weighted by molar-refractivity contribution is -0.0964. The summed E-state index contributed by atoms with van der Waals surface area (Å²) in [5, 5.41) is 34.8. The van der Waals surface area contributed by atoms with E-state index in [0.717, 1.165) is 5.56 Å². The van der Waals surface area contributed by atoms with Crippen LogP contribution in [0.15, 0.2) is 48.8 Å². The minimum atomic E-state index is -3.49. The van der Waals surface area contributed by atoms with Crippen molar-refractivity contribution in [2.45, 2.75) is 37.6 Å². The number of hydrogen-bond acceptors (Lipinski definition) is 4. The zero-order valence-electron chi connectivity index (χ0n) is 18.0. The Bertz CT molecular complexity index is 1140. The maximum absolute atomic E-state index is 14.9. The van der Waals surface area contributed by atoms with Crippen LogP contribution in [0.5, 0.6) is 0 Å². The van der Waals surface area contributed by atoms with Crippen molar-refractivity contribution in [2.24, 2.45) is 5.92 Å². The molecule has 4 rings (SSSR count). The smallest absolute Gasteiger partial charge is 0.295 e. The van der Waals surface area contributed by atoms with Crippen LogP contribution < -0.4 is 0 Å². The highest BCUT2D eigenvalue weighted by molar-refractivity contribution is 7.18. The van der Waals surface area contributed by atoms with Gasteiger partial charge in [0, 0.05) is 22.9 Å². The second-order valence-electron chi connectivity index (χ2n) is 8.77. The van der Waals surface area contributed by atoms with Crippen molar-refractivity contribution in [1.29, 1.82) is 0 Å². The van der Waals surface area contributed by atoms with Crippen molar-refractivity contribution in [3.8, 4) is 22.3 Å². The largest absolute Gasteiger partial charge is 0.394 e. The molecule has 1 heterocycles. The van der Waals surface area contributed by atoms with Gasteiger partial charge in [-0.05, 0) is 34.6 Å². The number of fused-ring (bicyclic) bond motifs is 3. The number of aliphatic hydroxyl groups is 3. The predicted molar refractivity (Wildman–Crippen MR) is 123 cm³/mol. The summed E-state index contributed by atoms with van der Waals surface area (Å²) in [4.78, 5) is 0. The molecule has 8 heteroatoms. The molecule has 170 valence electrons. The van der Waals surface area contributed by atoms with Crippen LogP contribution in [-0.2, 0) is 12.0 Å². The monoisotopic (exact) mass is 460 g/mol. The fourth-order valence-electron chi connectivity index (χ4n) is 4.52. The number of halogens is 2. The Kier molecular flexibility index (Phi) is 5.97. The molecule has 0 spiro atoms. The quantitative estimate of drug-likeness (QED) is 0.467. The normalized spacial score (nSPS) is 17.8. The fourth-order valence-corrected chi connectivity index (χ4v) is 4.83. The van der Waals surface area contributed by atoms with Gasteiger partial charge >= 0.3 is 0 Å². The van der Waals surface area contributed by atoms with E-state index in [1.165, 1.54) is 20.0 Å². The van der Waals surface area contributed by atoms with Crippen molar-refractivity contribution in [3.05, 3.63) is 65.5 Å². The van der Waals surface area contributed by atoms with Gasteiger partial charge in [0.05, 0.1) is 25.5 Å². The van der Waals surface area contributed by atoms with Crippen molar-refractivity contribution in [3.63, 3.8) is 0 Å². The Morgan fingerprint density at radius 2 is 1.78 bits per heavy atom. The number of alkyl halides is 2. The summed E-state index contributed by atoms with van der Waals surface area (Å²) in [7, 11) is 1.50. The van der Waals surface area contributed by atoms with Gasteiger partial charge in [-0.25, -0.2) is 0 Å². The van der Waals surface area contributed by atoms with Gasteiger partial charge in [0.1, 0.15) is 0 Å². The maximum atomic E-state index is 14.9. The van der Waals surface area contributed by atoms with Crippen LogP contribution in [0.1, 0.15) is 36.6 Å². The molecule has 2 aromatic carbocycles. The highest BCUT2D eigenvalue weighted by atomic mass is 31.0. The number of aromatic nitrogens is 2. The summed E-state index contributed by atoms with van der Waals surface area (Å²) in [6, 6.07) is 9.72. The first-order chi connectivity index (χ1) is 15.1. The van der Waals surface area contributed by atoms with Crippen molar-refractivity contribution in [1.82, 2.24) is 9.78 Å². The second-order valence-corrected chi connectivity index (χ2v) is 9.50. The van der Waals surface area contributed by atoms with Crippen LogP contribution >= 0.6 is 9.24 Å². The van der Waals surface area contributed by atoms with Crippen molar-refractivity contribution < 1.29 is 24.1 Å². The third-order valence-corrected chi connectivity index (χ3v) is 6.43. The number of rotatable bonds is 7. The highest BCUT2D eigenvalue weighted by Gasteiger charge is 2.57. The van der Waals surface area contributed by atoms with Crippen LogP contribution in [0.4, 0.5) is 8.78 Å². The molecule has 32 heavy (non-hydrogen) atoms. The average Bonchev–Trinajstić information content (AvgIpc) is 3.31. The van der Waals surface area contributed by atoms with E-state index >= 15 is 0 Å². The zero-order valence-corrected chi connectivity index (χ0v) is 19.1. The molecule has 0 saturated heterocycles. The fraction of sp³-hybridized carbons (Fsp3) is 0.375. The van der Waals surface area contributed by atoms with Gasteiger partial charge in [-0.3, -0.25) is 4.68 Å². The lowest BCUT2D eigenvalue weighted by Gasteiger charge is -2.32. The molecule has 2 unspecified atom stereocenters. The topological polar surface area (TPSA) is 78.5 Å². The minimum Gasteiger partial charge on any atom is -0.394 e. The van der Waals surface area contributed by atoms with Crippen LogP contribution in [0.2, 0.25) is 0 Å². The Balaban J connectivity index is 2.02. The first-order valence-electron chi connectivity index (χ1n) is 10.5. The molecule has 3 N–H and O–H groups in total. The summed E-state index contributed by atoms with van der Waals surface area (Å²) in [6.45, 7) is 3.52. The summed E-state index contributed by atoms with van der Waals surface area (Å²) in [5.41, 5.74) is -2.39. The predicted octanol–water partition coefficient (Wildman–Crippen LogP) is 3.96. The number of aliphatic hydroxyl groups excluding tert-OH is 2. The maximum Gasteiger partial charge on any atom is 0.295 e. The van der Waals surface area contributed by atoms with E-state index < -0.39 is 17.3 Å². The molecule has 0 saturated carbocycles. The first kappa shape index (κ1) is 23.0. The number of benzene rings is 2. The molecule has 2 atom stereocenters. The average molecular weight is 460 g/mol. The van der Waals surface area contributed by atoms with E-state index in [-0.39, 0.29) is 30.3 Å². The van der Waals surface area contributed by atoms with Gasteiger partial charge in [0.25, 0.3) is 5.66 Å². The molecule has 0 radical (unpaired) electrons. The standard InChI is InChI=1S/C24H27F2N2O3P/c1-14(2)7-15-8-19(16-10-27-28(11-16)17(12-29)13-30)22-18-5-3-4-6-20(18)23(31,21(22)9-15)24(25,26)32/h3-6,8-11,14,17,29-31H,7,12-13,32H2,1-2H3. The Labute approximate surface area is 187 Å². The second kappa shape index (κ2) is 8.31. The summed E-state index contributed by atoms with van der Waals surface area (Å²) < 4.78 is 31.3. The van der Waals surface area contributed by atoms with Crippen LogP contribution in [0.3, 0.4) is 0 Å². The SMILES string of the molecule is CC(C)Cc1cc(-c2cnn(C(CO)CO)c2)c2c(c1)C(O)(C(F)(F)P)c1ccccc1-2. The van der Waals surface area contributed by atoms with Gasteiger partial charge in [-0.15, -0.1) is 0 Å². The number of nitrogens with zero attached hydrogens (tertiary/aromatic N) is 2. The lowest BCUT2D eigenvalue weighted by atomic mass is 9.87. The molecule has 5 nitrogen and oxygen atoms in total. The minimum absolute atomic E-state index is 0.161. The molecule has 1 aromatic heterocycles. The Morgan fingerprint density at radius 3 is 2.41 bits per heavy atom.